The molecule has 0 radical (unpaired) electrons. The van der Waals surface area contributed by atoms with Crippen LogP contribution in [-0.4, -0.2) is 17.4 Å². The molecular formula is C18H17ClN2O2. The maximum absolute atomic E-state index is 11.9. The van der Waals surface area contributed by atoms with E-state index in [2.05, 4.69) is 10.3 Å². The van der Waals surface area contributed by atoms with Crippen LogP contribution in [0.3, 0.4) is 0 Å². The monoisotopic (exact) mass is 328 g/mol. The predicted molar refractivity (Wildman–Crippen MR) is 90.5 cm³/mol. The number of hydrogen-bond donors (Lipinski definition) is 1. The van der Waals surface area contributed by atoms with Crippen molar-refractivity contribution in [1.82, 2.24) is 10.3 Å². The molecule has 1 amide bonds. The zero-order valence-corrected chi connectivity index (χ0v) is 13.3. The molecule has 3 aromatic rings. The van der Waals surface area contributed by atoms with Gasteiger partial charge in [-0.25, -0.2) is 4.98 Å². The molecule has 1 aromatic heterocycles. The van der Waals surface area contributed by atoms with E-state index in [-0.39, 0.29) is 5.91 Å². The van der Waals surface area contributed by atoms with Gasteiger partial charge in [-0.1, -0.05) is 35.9 Å². The second-order valence-corrected chi connectivity index (χ2v) is 5.74. The Kier molecular flexibility index (Phi) is 4.93. The number of fused-ring (bicyclic) bond motifs is 1. The molecule has 1 N–H and O–H groups in total. The van der Waals surface area contributed by atoms with E-state index in [0.717, 1.165) is 28.1 Å². The number of benzene rings is 2. The van der Waals surface area contributed by atoms with Crippen molar-refractivity contribution >= 4 is 28.6 Å². The number of oxazole rings is 1. The first-order chi connectivity index (χ1) is 11.2. The molecular weight excluding hydrogens is 312 g/mol. The van der Waals surface area contributed by atoms with E-state index in [4.69, 9.17) is 16.0 Å². The van der Waals surface area contributed by atoms with Crippen LogP contribution in [-0.2, 0) is 17.6 Å². The zero-order valence-electron chi connectivity index (χ0n) is 12.6. The fourth-order valence-corrected chi connectivity index (χ4v) is 2.46. The van der Waals surface area contributed by atoms with Crippen LogP contribution < -0.4 is 5.32 Å². The molecule has 0 fully saturated rings. The maximum atomic E-state index is 11.9. The van der Waals surface area contributed by atoms with E-state index >= 15 is 0 Å². The number of para-hydroxylation sites is 2. The Hall–Kier alpha value is -2.33. The molecule has 1 heterocycles. The fraction of sp³-hybridized carbons (Fsp3) is 0.222. The van der Waals surface area contributed by atoms with Crippen molar-refractivity contribution in [3.8, 4) is 0 Å². The molecule has 118 valence electrons. The normalized spacial score (nSPS) is 10.8. The Morgan fingerprint density at radius 2 is 1.87 bits per heavy atom. The van der Waals surface area contributed by atoms with Crippen LogP contribution in [0.5, 0.6) is 0 Å². The number of aryl methyl sites for hydroxylation is 1. The number of carbonyl (C=O) groups is 1. The maximum Gasteiger partial charge on any atom is 0.220 e. The third-order valence-corrected chi connectivity index (χ3v) is 3.81. The van der Waals surface area contributed by atoms with Gasteiger partial charge in [0.2, 0.25) is 5.91 Å². The van der Waals surface area contributed by atoms with Gasteiger partial charge in [0.15, 0.2) is 11.5 Å². The van der Waals surface area contributed by atoms with Crippen molar-refractivity contribution in [3.05, 3.63) is 65.0 Å². The minimum Gasteiger partial charge on any atom is -0.441 e. The quantitative estimate of drug-likeness (QED) is 0.749. The van der Waals surface area contributed by atoms with Crippen LogP contribution >= 0.6 is 11.6 Å². The second kappa shape index (κ2) is 7.29. The first kappa shape index (κ1) is 15.6. The molecule has 23 heavy (non-hydrogen) atoms. The molecule has 0 aliphatic rings. The Labute approximate surface area is 139 Å². The average Bonchev–Trinajstić information content (AvgIpc) is 2.98. The number of amides is 1. The van der Waals surface area contributed by atoms with Gasteiger partial charge in [-0.05, 0) is 36.2 Å². The third-order valence-electron chi connectivity index (χ3n) is 3.55. The summed E-state index contributed by atoms with van der Waals surface area (Å²) in [7, 11) is 0. The van der Waals surface area contributed by atoms with Gasteiger partial charge in [-0.2, -0.15) is 0 Å². The molecule has 0 saturated heterocycles. The van der Waals surface area contributed by atoms with Crippen molar-refractivity contribution in [2.24, 2.45) is 0 Å². The van der Waals surface area contributed by atoms with E-state index in [0.29, 0.717) is 25.3 Å². The van der Waals surface area contributed by atoms with Crippen molar-refractivity contribution in [2.75, 3.05) is 6.54 Å². The van der Waals surface area contributed by atoms with Gasteiger partial charge in [0, 0.05) is 24.4 Å². The molecule has 3 rings (SSSR count). The first-order valence-electron chi connectivity index (χ1n) is 7.56. The molecule has 0 aliphatic carbocycles. The number of rotatable bonds is 6. The molecule has 5 heteroatoms. The molecule has 0 bridgehead atoms. The lowest BCUT2D eigenvalue weighted by Crippen LogP contribution is -2.25. The van der Waals surface area contributed by atoms with Crippen LogP contribution in [0, 0.1) is 0 Å². The van der Waals surface area contributed by atoms with Gasteiger partial charge >= 0.3 is 0 Å². The summed E-state index contributed by atoms with van der Waals surface area (Å²) >= 11 is 5.84. The SMILES string of the molecule is O=C(CCc1nc2ccccc2o1)NCCc1ccc(Cl)cc1. The van der Waals surface area contributed by atoms with Crippen LogP contribution in [0.25, 0.3) is 11.1 Å². The molecule has 2 aromatic carbocycles. The first-order valence-corrected chi connectivity index (χ1v) is 7.94. The van der Waals surface area contributed by atoms with E-state index < -0.39 is 0 Å². The lowest BCUT2D eigenvalue weighted by Gasteiger charge is -2.04. The van der Waals surface area contributed by atoms with E-state index in [1.807, 2.05) is 48.5 Å². The van der Waals surface area contributed by atoms with Crippen LogP contribution in [0.1, 0.15) is 17.9 Å². The minimum atomic E-state index is 0.00113. The predicted octanol–water partition coefficient (Wildman–Crippen LogP) is 3.77. The topological polar surface area (TPSA) is 55.1 Å². The Balaban J connectivity index is 1.43. The van der Waals surface area contributed by atoms with Crippen molar-refractivity contribution in [3.63, 3.8) is 0 Å². The summed E-state index contributed by atoms with van der Waals surface area (Å²) in [6, 6.07) is 15.2. The Morgan fingerprint density at radius 1 is 1.09 bits per heavy atom. The van der Waals surface area contributed by atoms with E-state index in [1.165, 1.54) is 0 Å². The number of carbonyl (C=O) groups excluding carboxylic acids is 1. The molecule has 0 atom stereocenters. The summed E-state index contributed by atoms with van der Waals surface area (Å²) in [5, 5.41) is 3.63. The summed E-state index contributed by atoms with van der Waals surface area (Å²) < 4.78 is 5.60. The van der Waals surface area contributed by atoms with Gasteiger partial charge in [0.25, 0.3) is 0 Å². The highest BCUT2D eigenvalue weighted by Gasteiger charge is 2.08. The van der Waals surface area contributed by atoms with E-state index in [1.54, 1.807) is 0 Å². The smallest absolute Gasteiger partial charge is 0.220 e. The zero-order chi connectivity index (χ0) is 16.1. The second-order valence-electron chi connectivity index (χ2n) is 5.30. The highest BCUT2D eigenvalue weighted by molar-refractivity contribution is 6.30. The minimum absolute atomic E-state index is 0.00113. The standard InChI is InChI=1S/C18H17ClN2O2/c19-14-7-5-13(6-8-14)11-12-20-17(22)9-10-18-21-15-3-1-2-4-16(15)23-18/h1-8H,9-12H2,(H,20,22). The lowest BCUT2D eigenvalue weighted by atomic mass is 10.1. The summed E-state index contributed by atoms with van der Waals surface area (Å²) in [4.78, 5) is 16.2. The molecule has 0 saturated carbocycles. The molecule has 0 spiro atoms. The Bertz CT molecular complexity index is 763. The third kappa shape index (κ3) is 4.33. The number of halogens is 1. The highest BCUT2D eigenvalue weighted by Crippen LogP contribution is 2.15. The van der Waals surface area contributed by atoms with Crippen LogP contribution in [0.4, 0.5) is 0 Å². The molecule has 0 unspecified atom stereocenters. The van der Waals surface area contributed by atoms with Crippen molar-refractivity contribution < 1.29 is 9.21 Å². The largest absolute Gasteiger partial charge is 0.441 e. The van der Waals surface area contributed by atoms with Crippen molar-refractivity contribution in [2.45, 2.75) is 19.3 Å². The van der Waals surface area contributed by atoms with Gasteiger partial charge < -0.3 is 9.73 Å². The lowest BCUT2D eigenvalue weighted by molar-refractivity contribution is -0.121. The van der Waals surface area contributed by atoms with E-state index in [9.17, 15) is 4.79 Å². The fourth-order valence-electron chi connectivity index (χ4n) is 2.33. The highest BCUT2D eigenvalue weighted by atomic mass is 35.5. The number of aromatic nitrogens is 1. The van der Waals surface area contributed by atoms with Gasteiger partial charge in [-0.15, -0.1) is 0 Å². The summed E-state index contributed by atoms with van der Waals surface area (Å²) in [6.07, 6.45) is 1.65. The summed E-state index contributed by atoms with van der Waals surface area (Å²) in [5.74, 6) is 0.597. The van der Waals surface area contributed by atoms with Crippen molar-refractivity contribution in [1.29, 1.82) is 0 Å². The molecule has 4 nitrogen and oxygen atoms in total. The van der Waals surface area contributed by atoms with Gasteiger partial charge in [0.05, 0.1) is 0 Å². The van der Waals surface area contributed by atoms with Gasteiger partial charge in [-0.3, -0.25) is 4.79 Å². The molecule has 0 aliphatic heterocycles. The van der Waals surface area contributed by atoms with Gasteiger partial charge in [0.1, 0.15) is 5.52 Å². The summed E-state index contributed by atoms with van der Waals surface area (Å²) in [5.41, 5.74) is 2.73. The number of nitrogens with one attached hydrogen (secondary N) is 1. The summed E-state index contributed by atoms with van der Waals surface area (Å²) in [6.45, 7) is 0.605. The Morgan fingerprint density at radius 3 is 2.65 bits per heavy atom. The van der Waals surface area contributed by atoms with Crippen LogP contribution in [0.2, 0.25) is 5.02 Å². The number of hydrogen-bond acceptors (Lipinski definition) is 3. The number of nitrogens with zero attached hydrogens (tertiary/aromatic N) is 1. The average molecular weight is 329 g/mol. The van der Waals surface area contributed by atoms with Crippen LogP contribution in [0.15, 0.2) is 52.9 Å².